The highest BCUT2D eigenvalue weighted by Crippen LogP contribution is 2.37. The summed E-state index contributed by atoms with van der Waals surface area (Å²) < 4.78 is 10.3. The quantitative estimate of drug-likeness (QED) is 0.428. The Morgan fingerprint density at radius 2 is 1.95 bits per heavy atom. The van der Waals surface area contributed by atoms with Crippen LogP contribution in [0.2, 0.25) is 0 Å². The van der Waals surface area contributed by atoms with Gasteiger partial charge in [0, 0.05) is 6.07 Å². The Morgan fingerprint density at radius 1 is 1.14 bits per heavy atom. The minimum atomic E-state index is -0.645. The van der Waals surface area contributed by atoms with Gasteiger partial charge >= 0.3 is 5.63 Å². The van der Waals surface area contributed by atoms with E-state index in [9.17, 15) is 9.90 Å². The van der Waals surface area contributed by atoms with Crippen molar-refractivity contribution >= 4 is 21.7 Å². The van der Waals surface area contributed by atoms with Crippen molar-refractivity contribution in [3.63, 3.8) is 0 Å². The molecular weight excluding hydrogens is 282 g/mol. The Morgan fingerprint density at radius 3 is 2.73 bits per heavy atom. The summed E-state index contributed by atoms with van der Waals surface area (Å²) in [5.74, 6) is 0.406. The molecule has 5 nitrogen and oxygen atoms in total. The van der Waals surface area contributed by atoms with Gasteiger partial charge in [-0.15, -0.1) is 0 Å². The predicted molar refractivity (Wildman–Crippen MR) is 81.9 cm³/mol. The second-order valence-corrected chi connectivity index (χ2v) is 5.10. The molecule has 1 N–H and O–H groups in total. The van der Waals surface area contributed by atoms with Gasteiger partial charge in [0.1, 0.15) is 28.4 Å². The summed E-state index contributed by atoms with van der Waals surface area (Å²) in [5.41, 5.74) is -0.0296. The topological polar surface area (TPSA) is 76.5 Å². The van der Waals surface area contributed by atoms with Crippen LogP contribution in [-0.2, 0) is 0 Å². The van der Waals surface area contributed by atoms with Gasteiger partial charge in [0.15, 0.2) is 0 Å². The molecule has 0 radical (unpaired) electrons. The van der Waals surface area contributed by atoms with Crippen molar-refractivity contribution in [2.24, 2.45) is 0 Å². The SMILES string of the molecule is Cc1cc(-c2c(O)c3c(ccc4ccccc43)oc2=O)no1. The van der Waals surface area contributed by atoms with Crippen molar-refractivity contribution in [2.75, 3.05) is 0 Å². The monoisotopic (exact) mass is 293 g/mol. The minimum absolute atomic E-state index is 0.0145. The molecular formula is C17H11NO4. The molecule has 4 rings (SSSR count). The highest BCUT2D eigenvalue weighted by atomic mass is 16.5. The second kappa shape index (κ2) is 4.46. The maximum absolute atomic E-state index is 12.2. The molecule has 5 heteroatoms. The van der Waals surface area contributed by atoms with Crippen LogP contribution < -0.4 is 5.63 Å². The van der Waals surface area contributed by atoms with Gasteiger partial charge in [0.2, 0.25) is 0 Å². The number of aryl methyl sites for hydroxylation is 1. The van der Waals surface area contributed by atoms with E-state index in [-0.39, 0.29) is 17.0 Å². The van der Waals surface area contributed by atoms with Crippen LogP contribution in [0.4, 0.5) is 0 Å². The summed E-state index contributed by atoms with van der Waals surface area (Å²) in [4.78, 5) is 12.2. The number of nitrogens with zero attached hydrogens (tertiary/aromatic N) is 1. The van der Waals surface area contributed by atoms with E-state index in [1.165, 1.54) is 0 Å². The lowest BCUT2D eigenvalue weighted by atomic mass is 10.0. The van der Waals surface area contributed by atoms with E-state index < -0.39 is 5.63 Å². The fraction of sp³-hybridized carbons (Fsp3) is 0.0588. The summed E-state index contributed by atoms with van der Waals surface area (Å²) in [6, 6.07) is 12.7. The normalized spacial score (nSPS) is 11.3. The molecule has 0 unspecified atom stereocenters. The van der Waals surface area contributed by atoms with Crippen molar-refractivity contribution in [2.45, 2.75) is 6.92 Å². The van der Waals surface area contributed by atoms with Gasteiger partial charge in [-0.2, -0.15) is 0 Å². The van der Waals surface area contributed by atoms with Gasteiger partial charge in [-0.05, 0) is 23.8 Å². The Labute approximate surface area is 124 Å². The van der Waals surface area contributed by atoms with Crippen LogP contribution in [0, 0.1) is 6.92 Å². The number of rotatable bonds is 1. The van der Waals surface area contributed by atoms with Gasteiger partial charge in [-0.25, -0.2) is 4.79 Å². The van der Waals surface area contributed by atoms with Gasteiger partial charge < -0.3 is 14.0 Å². The van der Waals surface area contributed by atoms with Gasteiger partial charge in [0.05, 0.1) is 5.39 Å². The molecule has 4 aromatic rings. The summed E-state index contributed by atoms with van der Waals surface area (Å²) in [5, 5.41) is 16.7. The fourth-order valence-electron chi connectivity index (χ4n) is 2.66. The minimum Gasteiger partial charge on any atom is -0.506 e. The zero-order chi connectivity index (χ0) is 15.3. The van der Waals surface area contributed by atoms with Crippen LogP contribution >= 0.6 is 0 Å². The Hall–Kier alpha value is -3.08. The van der Waals surface area contributed by atoms with E-state index in [4.69, 9.17) is 8.94 Å². The standard InChI is InChI=1S/C17H11NO4/c1-9-8-12(18-22-9)15-16(19)14-11-5-3-2-4-10(11)6-7-13(14)21-17(15)20/h2-8,19H,1H3. The molecule has 0 fully saturated rings. The van der Waals surface area contributed by atoms with Gasteiger partial charge in [0.25, 0.3) is 0 Å². The fourth-order valence-corrected chi connectivity index (χ4v) is 2.66. The third-order valence-electron chi connectivity index (χ3n) is 3.66. The lowest BCUT2D eigenvalue weighted by Crippen LogP contribution is -2.04. The third-order valence-corrected chi connectivity index (χ3v) is 3.66. The Kier molecular flexibility index (Phi) is 2.56. The first-order valence-corrected chi connectivity index (χ1v) is 6.76. The summed E-state index contributed by atoms with van der Waals surface area (Å²) in [6.07, 6.45) is 0. The number of fused-ring (bicyclic) bond motifs is 3. The summed E-state index contributed by atoms with van der Waals surface area (Å²) in [7, 11) is 0. The van der Waals surface area contributed by atoms with Crippen molar-refractivity contribution in [1.82, 2.24) is 5.16 Å². The zero-order valence-electron chi connectivity index (χ0n) is 11.7. The Bertz CT molecular complexity index is 1080. The van der Waals surface area contributed by atoms with E-state index in [0.29, 0.717) is 16.7 Å². The molecule has 2 aromatic heterocycles. The molecule has 2 heterocycles. The molecule has 0 aliphatic carbocycles. The molecule has 0 aliphatic heterocycles. The van der Waals surface area contributed by atoms with Gasteiger partial charge in [-0.1, -0.05) is 35.5 Å². The molecule has 2 aromatic carbocycles. The lowest BCUT2D eigenvalue weighted by Gasteiger charge is -2.07. The number of hydrogen-bond acceptors (Lipinski definition) is 5. The molecule has 0 bridgehead atoms. The average molecular weight is 293 g/mol. The summed E-state index contributed by atoms with van der Waals surface area (Å²) >= 11 is 0. The Balaban J connectivity index is 2.19. The van der Waals surface area contributed by atoms with E-state index >= 15 is 0 Å². The molecule has 0 atom stereocenters. The van der Waals surface area contributed by atoms with Crippen LogP contribution in [0.1, 0.15) is 5.76 Å². The van der Waals surface area contributed by atoms with Crippen LogP contribution in [0.15, 0.2) is 56.2 Å². The van der Waals surface area contributed by atoms with E-state index in [1.54, 1.807) is 19.1 Å². The number of hydrogen-bond donors (Lipinski definition) is 1. The average Bonchev–Trinajstić information content (AvgIpc) is 2.92. The van der Waals surface area contributed by atoms with Crippen molar-refractivity contribution in [1.29, 1.82) is 0 Å². The first-order chi connectivity index (χ1) is 10.6. The number of aromatic hydroxyl groups is 1. The van der Waals surface area contributed by atoms with Crippen molar-refractivity contribution in [3.8, 4) is 17.0 Å². The van der Waals surface area contributed by atoms with Crippen LogP contribution in [0.3, 0.4) is 0 Å². The highest BCUT2D eigenvalue weighted by Gasteiger charge is 2.20. The third kappa shape index (κ3) is 1.72. The van der Waals surface area contributed by atoms with Crippen LogP contribution in [0.5, 0.6) is 5.75 Å². The van der Waals surface area contributed by atoms with Crippen molar-refractivity contribution in [3.05, 3.63) is 58.6 Å². The van der Waals surface area contributed by atoms with Crippen molar-refractivity contribution < 1.29 is 14.0 Å². The molecule has 108 valence electrons. The second-order valence-electron chi connectivity index (χ2n) is 5.10. The lowest BCUT2D eigenvalue weighted by molar-refractivity contribution is 0.398. The largest absolute Gasteiger partial charge is 0.506 e. The zero-order valence-corrected chi connectivity index (χ0v) is 11.7. The van der Waals surface area contributed by atoms with Gasteiger partial charge in [-0.3, -0.25) is 0 Å². The summed E-state index contributed by atoms with van der Waals surface area (Å²) in [6.45, 7) is 1.71. The molecule has 0 spiro atoms. The van der Waals surface area contributed by atoms with E-state index in [2.05, 4.69) is 5.16 Å². The molecule has 0 amide bonds. The number of benzene rings is 2. The smallest absolute Gasteiger partial charge is 0.349 e. The molecule has 0 saturated carbocycles. The molecule has 22 heavy (non-hydrogen) atoms. The first-order valence-electron chi connectivity index (χ1n) is 6.76. The van der Waals surface area contributed by atoms with E-state index in [1.807, 2.05) is 30.3 Å². The van der Waals surface area contributed by atoms with Crippen LogP contribution in [0.25, 0.3) is 33.0 Å². The highest BCUT2D eigenvalue weighted by molar-refractivity contribution is 6.10. The maximum atomic E-state index is 12.2. The van der Waals surface area contributed by atoms with Crippen LogP contribution in [-0.4, -0.2) is 10.3 Å². The maximum Gasteiger partial charge on any atom is 0.349 e. The molecule has 0 aliphatic rings. The van der Waals surface area contributed by atoms with E-state index in [0.717, 1.165) is 10.8 Å². The predicted octanol–water partition coefficient (Wildman–Crippen LogP) is 3.62. The number of aromatic nitrogens is 1. The first kappa shape index (κ1) is 12.6. The molecule has 0 saturated heterocycles.